The van der Waals surface area contributed by atoms with E-state index in [1.165, 1.54) is 33.4 Å². The number of amides is 1. The third kappa shape index (κ3) is 4.08. The second-order valence-corrected chi connectivity index (χ2v) is 8.72. The van der Waals surface area contributed by atoms with E-state index in [9.17, 15) is 26.4 Å². The van der Waals surface area contributed by atoms with Crippen molar-refractivity contribution in [2.75, 3.05) is 13.1 Å². The summed E-state index contributed by atoms with van der Waals surface area (Å²) in [4.78, 5) is 12.9. The maximum atomic E-state index is 12.7. The summed E-state index contributed by atoms with van der Waals surface area (Å²) in [6.07, 6.45) is -3.86. The van der Waals surface area contributed by atoms with E-state index in [1.54, 1.807) is 16.7 Å². The molecule has 1 aromatic heterocycles. The number of fused-ring (bicyclic) bond motifs is 1. The highest BCUT2D eigenvalue weighted by Gasteiger charge is 2.30. The molecule has 0 fully saturated rings. The molecule has 2 heterocycles. The number of carbonyl (C=O) groups is 1. The van der Waals surface area contributed by atoms with Gasteiger partial charge in [-0.25, -0.2) is 8.42 Å². The first-order valence-corrected chi connectivity index (χ1v) is 9.99. The lowest BCUT2D eigenvalue weighted by Gasteiger charge is -2.26. The summed E-state index contributed by atoms with van der Waals surface area (Å²) in [7, 11) is -3.73. The van der Waals surface area contributed by atoms with Crippen molar-refractivity contribution in [2.24, 2.45) is 0 Å². The number of hydrogen-bond donors (Lipinski definition) is 1. The van der Waals surface area contributed by atoms with E-state index in [-0.39, 0.29) is 17.0 Å². The Bertz CT molecular complexity index is 906. The molecule has 3 rings (SSSR count). The van der Waals surface area contributed by atoms with Gasteiger partial charge in [-0.3, -0.25) is 4.79 Å². The summed E-state index contributed by atoms with van der Waals surface area (Å²) < 4.78 is 63.3. The van der Waals surface area contributed by atoms with Gasteiger partial charge >= 0.3 is 6.18 Å². The maximum absolute atomic E-state index is 12.7. The standard InChI is InChI=1S/C16H15F3N2O3S2/c17-16(18,19)10-20-15(22)11-1-3-13(4-2-11)26(23,24)21-7-5-14-12(9-21)6-8-25-14/h1-4,6,8H,5,7,9-10H2,(H,20,22). The number of thiophene rings is 1. The van der Waals surface area contributed by atoms with Gasteiger partial charge in [0, 0.05) is 23.5 Å². The molecule has 1 aliphatic heterocycles. The van der Waals surface area contributed by atoms with Crippen molar-refractivity contribution in [3.63, 3.8) is 0 Å². The molecule has 26 heavy (non-hydrogen) atoms. The van der Waals surface area contributed by atoms with Crippen LogP contribution in [0.25, 0.3) is 0 Å². The molecular formula is C16H15F3N2O3S2. The summed E-state index contributed by atoms with van der Waals surface area (Å²) in [5.41, 5.74) is 0.944. The number of halogens is 3. The van der Waals surface area contributed by atoms with E-state index in [4.69, 9.17) is 0 Å². The number of carbonyl (C=O) groups excluding carboxylic acids is 1. The molecular weight excluding hydrogens is 389 g/mol. The van der Waals surface area contributed by atoms with Crippen LogP contribution in [0.5, 0.6) is 0 Å². The zero-order valence-electron chi connectivity index (χ0n) is 13.4. The topological polar surface area (TPSA) is 66.5 Å². The Morgan fingerprint density at radius 2 is 1.88 bits per heavy atom. The van der Waals surface area contributed by atoms with Gasteiger partial charge < -0.3 is 5.32 Å². The van der Waals surface area contributed by atoms with Gasteiger partial charge in [-0.05, 0) is 47.7 Å². The van der Waals surface area contributed by atoms with Crippen LogP contribution in [-0.2, 0) is 23.0 Å². The predicted octanol–water partition coefficient (Wildman–Crippen LogP) is 2.79. The van der Waals surface area contributed by atoms with Crippen LogP contribution < -0.4 is 5.32 Å². The van der Waals surface area contributed by atoms with Gasteiger partial charge in [-0.1, -0.05) is 0 Å². The number of rotatable bonds is 4. The molecule has 0 aliphatic carbocycles. The van der Waals surface area contributed by atoms with Crippen molar-refractivity contribution >= 4 is 27.3 Å². The van der Waals surface area contributed by atoms with E-state index in [1.807, 2.05) is 11.4 Å². The van der Waals surface area contributed by atoms with Crippen molar-refractivity contribution in [1.29, 1.82) is 0 Å². The molecule has 140 valence electrons. The minimum Gasteiger partial charge on any atom is -0.343 e. The third-order valence-corrected chi connectivity index (χ3v) is 6.86. The van der Waals surface area contributed by atoms with Crippen molar-refractivity contribution in [1.82, 2.24) is 9.62 Å². The molecule has 0 spiro atoms. The fourth-order valence-electron chi connectivity index (χ4n) is 2.64. The van der Waals surface area contributed by atoms with Crippen LogP contribution in [0.4, 0.5) is 13.2 Å². The number of hydrogen-bond acceptors (Lipinski definition) is 4. The van der Waals surface area contributed by atoms with Gasteiger partial charge in [-0.2, -0.15) is 17.5 Å². The zero-order valence-corrected chi connectivity index (χ0v) is 15.0. The number of nitrogens with one attached hydrogen (secondary N) is 1. The average molecular weight is 404 g/mol. The lowest BCUT2D eigenvalue weighted by Crippen LogP contribution is -2.35. The smallest absolute Gasteiger partial charge is 0.343 e. The van der Waals surface area contributed by atoms with Crippen LogP contribution in [0.2, 0.25) is 0 Å². The Kier molecular flexibility index (Phi) is 5.09. The van der Waals surface area contributed by atoms with E-state index in [2.05, 4.69) is 0 Å². The summed E-state index contributed by atoms with van der Waals surface area (Å²) >= 11 is 1.60. The number of alkyl halides is 3. The van der Waals surface area contributed by atoms with Crippen molar-refractivity contribution in [3.05, 3.63) is 51.7 Å². The molecule has 2 aromatic rings. The van der Waals surface area contributed by atoms with E-state index >= 15 is 0 Å². The molecule has 0 atom stereocenters. The second-order valence-electron chi connectivity index (χ2n) is 5.78. The summed E-state index contributed by atoms with van der Waals surface area (Å²) in [6, 6.07) is 6.79. The summed E-state index contributed by atoms with van der Waals surface area (Å²) in [6.45, 7) is -0.790. The minimum absolute atomic E-state index is 0.00329. The number of sulfonamides is 1. The van der Waals surface area contributed by atoms with Crippen molar-refractivity contribution in [3.8, 4) is 0 Å². The van der Waals surface area contributed by atoms with E-state index in [0.717, 1.165) is 5.56 Å². The van der Waals surface area contributed by atoms with Crippen LogP contribution in [-0.4, -0.2) is 37.9 Å². The highest BCUT2D eigenvalue weighted by atomic mass is 32.2. The van der Waals surface area contributed by atoms with Gasteiger partial charge in [0.25, 0.3) is 5.91 Å². The first-order chi connectivity index (χ1) is 12.2. The van der Waals surface area contributed by atoms with Gasteiger partial charge in [0.2, 0.25) is 10.0 Å². The summed E-state index contributed by atoms with van der Waals surface area (Å²) in [5.74, 6) is -0.910. The fourth-order valence-corrected chi connectivity index (χ4v) is 4.95. The van der Waals surface area contributed by atoms with Crippen molar-refractivity contribution < 1.29 is 26.4 Å². The summed E-state index contributed by atoms with van der Waals surface area (Å²) in [5, 5.41) is 3.67. The zero-order chi connectivity index (χ0) is 18.9. The van der Waals surface area contributed by atoms with E-state index in [0.29, 0.717) is 13.0 Å². The number of benzene rings is 1. The van der Waals surface area contributed by atoms with Crippen LogP contribution in [0.3, 0.4) is 0 Å². The Morgan fingerprint density at radius 1 is 1.19 bits per heavy atom. The van der Waals surface area contributed by atoms with Crippen LogP contribution in [0, 0.1) is 0 Å². The molecule has 10 heteroatoms. The molecule has 1 amide bonds. The average Bonchev–Trinajstić information content (AvgIpc) is 3.07. The fraction of sp³-hybridized carbons (Fsp3) is 0.312. The largest absolute Gasteiger partial charge is 0.405 e. The molecule has 1 N–H and O–H groups in total. The van der Waals surface area contributed by atoms with E-state index < -0.39 is 28.7 Å². The molecule has 5 nitrogen and oxygen atoms in total. The SMILES string of the molecule is O=C(NCC(F)(F)F)c1ccc(S(=O)(=O)N2CCc3sccc3C2)cc1. The highest BCUT2D eigenvalue weighted by Crippen LogP contribution is 2.28. The van der Waals surface area contributed by atoms with Crippen LogP contribution in [0.15, 0.2) is 40.6 Å². The molecule has 0 bridgehead atoms. The van der Waals surface area contributed by atoms with Crippen molar-refractivity contribution in [2.45, 2.75) is 24.0 Å². The monoisotopic (exact) mass is 404 g/mol. The minimum atomic E-state index is -4.51. The lowest BCUT2D eigenvalue weighted by atomic mass is 10.1. The highest BCUT2D eigenvalue weighted by molar-refractivity contribution is 7.89. The molecule has 0 radical (unpaired) electrons. The Morgan fingerprint density at radius 3 is 2.54 bits per heavy atom. The van der Waals surface area contributed by atoms with Gasteiger partial charge in [0.1, 0.15) is 6.54 Å². The van der Waals surface area contributed by atoms with Gasteiger partial charge in [0.05, 0.1) is 4.90 Å². The molecule has 0 unspecified atom stereocenters. The first-order valence-electron chi connectivity index (χ1n) is 7.67. The Hall–Kier alpha value is -1.91. The Labute approximate surface area is 152 Å². The molecule has 1 aromatic carbocycles. The van der Waals surface area contributed by atoms with Crippen LogP contribution in [0.1, 0.15) is 20.8 Å². The normalized spacial score (nSPS) is 15.5. The first kappa shape index (κ1) is 18.9. The second kappa shape index (κ2) is 7.01. The number of nitrogens with zero attached hydrogens (tertiary/aromatic N) is 1. The maximum Gasteiger partial charge on any atom is 0.405 e. The quantitative estimate of drug-likeness (QED) is 0.852. The van der Waals surface area contributed by atoms with Crippen LogP contribution >= 0.6 is 11.3 Å². The third-order valence-electron chi connectivity index (χ3n) is 3.98. The predicted molar refractivity (Wildman–Crippen MR) is 90.4 cm³/mol. The van der Waals surface area contributed by atoms with Gasteiger partial charge in [0.15, 0.2) is 0 Å². The Balaban J connectivity index is 1.72. The van der Waals surface area contributed by atoms with Gasteiger partial charge in [-0.15, -0.1) is 11.3 Å². The molecule has 0 saturated carbocycles. The lowest BCUT2D eigenvalue weighted by molar-refractivity contribution is -0.123. The molecule has 1 aliphatic rings. The molecule has 0 saturated heterocycles.